The highest BCUT2D eigenvalue weighted by molar-refractivity contribution is 5.22. The fourth-order valence-corrected chi connectivity index (χ4v) is 0.993. The van der Waals surface area contributed by atoms with Crippen molar-refractivity contribution >= 4 is 6.72 Å². The van der Waals surface area contributed by atoms with Gasteiger partial charge in [-0.3, -0.25) is 0 Å². The topological polar surface area (TPSA) is 35.9 Å². The van der Waals surface area contributed by atoms with Crippen LogP contribution in [-0.2, 0) is 0 Å². The molecule has 0 unspecified atom stereocenters. The summed E-state index contributed by atoms with van der Waals surface area (Å²) in [5.41, 5.74) is 2.72. The van der Waals surface area contributed by atoms with E-state index in [1.54, 1.807) is 6.20 Å². The van der Waals surface area contributed by atoms with Gasteiger partial charge in [0.05, 0.1) is 0 Å². The van der Waals surface area contributed by atoms with Gasteiger partial charge in [-0.15, -0.1) is 0 Å². The van der Waals surface area contributed by atoms with Crippen LogP contribution in [0.5, 0.6) is 0 Å². The maximum atomic E-state index is 5.50. The van der Waals surface area contributed by atoms with E-state index in [4.69, 9.17) is 5.41 Å². The van der Waals surface area contributed by atoms with Gasteiger partial charge in [0.15, 0.2) is 0 Å². The van der Waals surface area contributed by atoms with Gasteiger partial charge < -0.3 is 10.7 Å². The van der Waals surface area contributed by atoms with Gasteiger partial charge in [-0.05, 0) is 38.8 Å². The SMILES string of the molecule is C=CNC1=CC=C(C)CC1.C=N. The first-order valence-electron chi connectivity index (χ1n) is 3.92. The van der Waals surface area contributed by atoms with Crippen molar-refractivity contribution < 1.29 is 0 Å². The Morgan fingerprint density at radius 1 is 1.42 bits per heavy atom. The van der Waals surface area contributed by atoms with Crippen LogP contribution in [0.15, 0.2) is 36.2 Å². The minimum absolute atomic E-state index is 1.12. The van der Waals surface area contributed by atoms with Gasteiger partial charge in [-0.2, -0.15) is 0 Å². The molecule has 1 aliphatic carbocycles. The standard InChI is InChI=1S/C9H13N.CH3N/c1-3-10-9-6-4-8(2)5-7-9;1-2/h3-4,6,10H,1,5,7H2,2H3;2H,1H2. The Bertz CT molecular complexity index is 202. The zero-order chi connectivity index (χ0) is 9.40. The molecule has 0 atom stereocenters. The molecule has 0 saturated heterocycles. The zero-order valence-corrected chi connectivity index (χ0v) is 7.56. The van der Waals surface area contributed by atoms with Gasteiger partial charge in [0.25, 0.3) is 0 Å². The van der Waals surface area contributed by atoms with Crippen molar-refractivity contribution in [1.82, 2.24) is 5.32 Å². The highest BCUT2D eigenvalue weighted by Gasteiger charge is 1.99. The van der Waals surface area contributed by atoms with Crippen LogP contribution in [0.4, 0.5) is 0 Å². The van der Waals surface area contributed by atoms with E-state index in [1.807, 2.05) is 0 Å². The van der Waals surface area contributed by atoms with E-state index >= 15 is 0 Å². The molecule has 0 spiro atoms. The van der Waals surface area contributed by atoms with E-state index in [2.05, 4.69) is 37.7 Å². The van der Waals surface area contributed by atoms with Crippen LogP contribution in [0.25, 0.3) is 0 Å². The Morgan fingerprint density at radius 2 is 2.08 bits per heavy atom. The monoisotopic (exact) mass is 164 g/mol. The first-order valence-corrected chi connectivity index (χ1v) is 3.92. The van der Waals surface area contributed by atoms with Crippen molar-refractivity contribution in [3.63, 3.8) is 0 Å². The minimum Gasteiger partial charge on any atom is -0.366 e. The van der Waals surface area contributed by atoms with Crippen molar-refractivity contribution in [3.8, 4) is 0 Å². The van der Waals surface area contributed by atoms with E-state index < -0.39 is 0 Å². The molecule has 0 amide bonds. The van der Waals surface area contributed by atoms with Crippen LogP contribution in [0.3, 0.4) is 0 Å². The van der Waals surface area contributed by atoms with Gasteiger partial charge in [-0.25, -0.2) is 0 Å². The molecular formula is C10H16N2. The van der Waals surface area contributed by atoms with Crippen molar-refractivity contribution in [2.24, 2.45) is 0 Å². The molecule has 0 heterocycles. The first kappa shape index (κ1) is 10.7. The van der Waals surface area contributed by atoms with Gasteiger partial charge in [0, 0.05) is 5.70 Å². The number of allylic oxidation sites excluding steroid dienone is 4. The summed E-state index contributed by atoms with van der Waals surface area (Å²) in [6.07, 6.45) is 8.27. The second-order valence-electron chi connectivity index (χ2n) is 2.55. The fourth-order valence-electron chi connectivity index (χ4n) is 0.993. The summed E-state index contributed by atoms with van der Waals surface area (Å²) in [5.74, 6) is 0. The third-order valence-electron chi connectivity index (χ3n) is 1.65. The van der Waals surface area contributed by atoms with Crippen molar-refractivity contribution in [3.05, 3.63) is 36.2 Å². The lowest BCUT2D eigenvalue weighted by atomic mass is 10.0. The lowest BCUT2D eigenvalue weighted by Crippen LogP contribution is -2.06. The average Bonchev–Trinajstić information content (AvgIpc) is 2.13. The number of nitrogens with one attached hydrogen (secondary N) is 2. The molecule has 0 bridgehead atoms. The van der Waals surface area contributed by atoms with Crippen LogP contribution in [-0.4, -0.2) is 6.72 Å². The number of rotatable bonds is 2. The molecule has 2 nitrogen and oxygen atoms in total. The molecular weight excluding hydrogens is 148 g/mol. The van der Waals surface area contributed by atoms with Crippen LogP contribution in [0.2, 0.25) is 0 Å². The second kappa shape index (κ2) is 6.40. The molecule has 0 fully saturated rings. The maximum Gasteiger partial charge on any atom is 0.0149 e. The predicted molar refractivity (Wildman–Crippen MR) is 54.2 cm³/mol. The highest BCUT2D eigenvalue weighted by atomic mass is 14.8. The fraction of sp³-hybridized carbons (Fsp3) is 0.300. The molecule has 0 radical (unpaired) electrons. The summed E-state index contributed by atoms with van der Waals surface area (Å²) < 4.78 is 0. The Morgan fingerprint density at radius 3 is 2.50 bits per heavy atom. The Hall–Kier alpha value is -1.31. The zero-order valence-electron chi connectivity index (χ0n) is 7.56. The molecule has 0 aromatic heterocycles. The number of hydrogen-bond donors (Lipinski definition) is 2. The smallest absolute Gasteiger partial charge is 0.0149 e. The first-order chi connectivity index (χ1) is 5.83. The Kier molecular flexibility index (Phi) is 5.70. The summed E-state index contributed by atoms with van der Waals surface area (Å²) >= 11 is 0. The van der Waals surface area contributed by atoms with Crippen molar-refractivity contribution in [2.75, 3.05) is 0 Å². The lowest BCUT2D eigenvalue weighted by Gasteiger charge is -2.10. The molecule has 2 heteroatoms. The molecule has 2 N–H and O–H groups in total. The maximum absolute atomic E-state index is 5.50. The molecule has 0 aromatic rings. The van der Waals surface area contributed by atoms with Gasteiger partial charge in [-0.1, -0.05) is 18.2 Å². The summed E-state index contributed by atoms with van der Waals surface area (Å²) in [4.78, 5) is 0. The highest BCUT2D eigenvalue weighted by Crippen LogP contribution is 2.14. The summed E-state index contributed by atoms with van der Waals surface area (Å²) in [7, 11) is 0. The normalized spacial score (nSPS) is 14.8. The Balaban J connectivity index is 0.000000561. The lowest BCUT2D eigenvalue weighted by molar-refractivity contribution is 0.838. The Labute approximate surface area is 74.2 Å². The summed E-state index contributed by atoms with van der Waals surface area (Å²) in [5, 5.41) is 8.59. The quantitative estimate of drug-likeness (QED) is 0.605. The molecule has 1 aliphatic rings. The van der Waals surface area contributed by atoms with Crippen LogP contribution >= 0.6 is 0 Å². The van der Waals surface area contributed by atoms with Crippen LogP contribution in [0.1, 0.15) is 19.8 Å². The van der Waals surface area contributed by atoms with Gasteiger partial charge in [0.1, 0.15) is 0 Å². The van der Waals surface area contributed by atoms with Crippen LogP contribution in [0, 0.1) is 5.41 Å². The summed E-state index contributed by atoms with van der Waals surface area (Å²) in [6.45, 7) is 8.26. The molecule has 12 heavy (non-hydrogen) atoms. The largest absolute Gasteiger partial charge is 0.366 e. The predicted octanol–water partition coefficient (Wildman–Crippen LogP) is 2.61. The summed E-state index contributed by atoms with van der Waals surface area (Å²) in [6, 6.07) is 0. The van der Waals surface area contributed by atoms with E-state index in [-0.39, 0.29) is 0 Å². The van der Waals surface area contributed by atoms with Gasteiger partial charge in [0.2, 0.25) is 0 Å². The van der Waals surface area contributed by atoms with E-state index in [0.29, 0.717) is 0 Å². The molecule has 0 aliphatic heterocycles. The third kappa shape index (κ3) is 3.76. The van der Waals surface area contributed by atoms with Gasteiger partial charge >= 0.3 is 0 Å². The molecule has 0 aromatic carbocycles. The number of hydrogen-bond acceptors (Lipinski definition) is 2. The van der Waals surface area contributed by atoms with Crippen LogP contribution < -0.4 is 5.32 Å². The third-order valence-corrected chi connectivity index (χ3v) is 1.65. The average molecular weight is 164 g/mol. The van der Waals surface area contributed by atoms with Crippen molar-refractivity contribution in [1.29, 1.82) is 5.41 Å². The van der Waals surface area contributed by atoms with Crippen molar-refractivity contribution in [2.45, 2.75) is 19.8 Å². The van der Waals surface area contributed by atoms with E-state index in [1.165, 1.54) is 17.7 Å². The molecule has 1 rings (SSSR count). The minimum atomic E-state index is 1.12. The van der Waals surface area contributed by atoms with E-state index in [0.717, 1.165) is 6.42 Å². The second-order valence-corrected chi connectivity index (χ2v) is 2.55. The molecule has 0 saturated carbocycles. The van der Waals surface area contributed by atoms with E-state index in [9.17, 15) is 0 Å². The molecule has 66 valence electrons.